The van der Waals surface area contributed by atoms with E-state index in [0.717, 1.165) is 18.7 Å². The lowest BCUT2D eigenvalue weighted by atomic mass is 10.2. The summed E-state index contributed by atoms with van der Waals surface area (Å²) in [6.45, 7) is 4.93. The highest BCUT2D eigenvalue weighted by molar-refractivity contribution is 5.08. The number of fused-ring (bicyclic) bond motifs is 1. The van der Waals surface area contributed by atoms with Crippen LogP contribution in [0.25, 0.3) is 0 Å². The van der Waals surface area contributed by atoms with Crippen molar-refractivity contribution in [3.05, 3.63) is 24.6 Å². The van der Waals surface area contributed by atoms with Gasteiger partial charge in [0.15, 0.2) is 0 Å². The summed E-state index contributed by atoms with van der Waals surface area (Å²) < 4.78 is 2.21. The van der Waals surface area contributed by atoms with Gasteiger partial charge in [0.2, 0.25) is 0 Å². The lowest BCUT2D eigenvalue weighted by Gasteiger charge is -2.11. The molecule has 10 heavy (non-hydrogen) atoms. The zero-order valence-corrected chi connectivity index (χ0v) is 6.01. The average molecular weight is 135 g/mol. The van der Waals surface area contributed by atoms with Crippen molar-refractivity contribution in [1.29, 1.82) is 0 Å². The van der Waals surface area contributed by atoms with Crippen molar-refractivity contribution < 1.29 is 0 Å². The Morgan fingerprint density at radius 3 is 3.20 bits per heavy atom. The zero-order chi connectivity index (χ0) is 6.97. The molecule has 0 atom stereocenters. The van der Waals surface area contributed by atoms with Crippen molar-refractivity contribution in [2.75, 3.05) is 0 Å². The Hall–Kier alpha value is -0.790. The quantitative estimate of drug-likeness (QED) is 0.525. The Labute approximate surface area is 60.9 Å². The van der Waals surface area contributed by atoms with Gasteiger partial charge in [-0.3, -0.25) is 0 Å². The molecule has 2 rings (SSSR count). The van der Waals surface area contributed by atoms with Crippen molar-refractivity contribution in [3.8, 4) is 0 Å². The van der Waals surface area contributed by atoms with Crippen LogP contribution in [0.15, 0.2) is 6.20 Å². The van der Waals surface area contributed by atoms with Gasteiger partial charge in [-0.25, -0.2) is 4.98 Å². The van der Waals surface area contributed by atoms with Gasteiger partial charge in [0.05, 0.1) is 5.69 Å². The number of aromatic nitrogens is 2. The minimum absolute atomic E-state index is 0.914. The maximum absolute atomic E-state index is 4.30. The van der Waals surface area contributed by atoms with Crippen LogP contribution in [0.2, 0.25) is 0 Å². The van der Waals surface area contributed by atoms with Gasteiger partial charge in [-0.15, -0.1) is 0 Å². The van der Waals surface area contributed by atoms with Crippen molar-refractivity contribution in [3.63, 3.8) is 0 Å². The normalized spacial score (nSPS) is 16.9. The first kappa shape index (κ1) is 5.96. The molecule has 1 aromatic heterocycles. The molecule has 0 saturated carbocycles. The van der Waals surface area contributed by atoms with E-state index >= 15 is 0 Å². The van der Waals surface area contributed by atoms with Gasteiger partial charge in [0.25, 0.3) is 0 Å². The van der Waals surface area contributed by atoms with Crippen LogP contribution < -0.4 is 0 Å². The van der Waals surface area contributed by atoms with Gasteiger partial charge < -0.3 is 4.57 Å². The van der Waals surface area contributed by atoms with Gasteiger partial charge >= 0.3 is 0 Å². The van der Waals surface area contributed by atoms with Gasteiger partial charge in [-0.2, -0.15) is 0 Å². The summed E-state index contributed by atoms with van der Waals surface area (Å²) in [5.41, 5.74) is 0.914. The monoisotopic (exact) mass is 135 g/mol. The molecule has 1 aliphatic heterocycles. The average Bonchev–Trinajstić information content (AvgIpc) is 2.27. The second kappa shape index (κ2) is 2.11. The molecule has 0 saturated heterocycles. The maximum atomic E-state index is 4.30. The summed E-state index contributed by atoms with van der Waals surface area (Å²) in [4.78, 5) is 4.30. The lowest BCUT2D eigenvalue weighted by Crippen LogP contribution is -2.08. The van der Waals surface area contributed by atoms with Crippen molar-refractivity contribution in [1.82, 2.24) is 9.55 Å². The topological polar surface area (TPSA) is 17.8 Å². The third-order valence-corrected chi connectivity index (χ3v) is 1.96. The number of hydrogen-bond acceptors (Lipinski definition) is 1. The molecule has 0 unspecified atom stereocenters. The second-order valence-corrected chi connectivity index (χ2v) is 2.80. The highest BCUT2D eigenvalue weighted by atomic mass is 15.1. The van der Waals surface area contributed by atoms with Crippen LogP contribution in [0.5, 0.6) is 0 Å². The van der Waals surface area contributed by atoms with Crippen LogP contribution in [0.1, 0.15) is 24.4 Å². The fourth-order valence-corrected chi connectivity index (χ4v) is 1.47. The summed E-state index contributed by atoms with van der Waals surface area (Å²) in [5, 5.41) is 0. The molecule has 1 radical (unpaired) electrons. The molecule has 0 aromatic carbocycles. The molecular weight excluding hydrogens is 124 g/mol. The summed E-state index contributed by atoms with van der Waals surface area (Å²) in [7, 11) is 0. The van der Waals surface area contributed by atoms with Gasteiger partial charge in [-0.05, 0) is 19.8 Å². The van der Waals surface area contributed by atoms with E-state index in [9.17, 15) is 0 Å². The molecule has 2 nitrogen and oxygen atoms in total. The van der Waals surface area contributed by atoms with E-state index < -0.39 is 0 Å². The Kier molecular flexibility index (Phi) is 1.26. The van der Waals surface area contributed by atoms with E-state index in [1.807, 2.05) is 6.20 Å². The van der Waals surface area contributed by atoms with Crippen molar-refractivity contribution in [2.45, 2.75) is 25.8 Å². The van der Waals surface area contributed by atoms with Crippen LogP contribution in [-0.2, 0) is 13.0 Å². The molecule has 0 aliphatic carbocycles. The third kappa shape index (κ3) is 0.838. The first-order valence-corrected chi connectivity index (χ1v) is 3.74. The molecular formula is C8H11N2. The second-order valence-electron chi connectivity index (χ2n) is 2.80. The molecule has 0 amide bonds. The largest absolute Gasteiger partial charge is 0.335 e. The first-order valence-electron chi connectivity index (χ1n) is 3.74. The van der Waals surface area contributed by atoms with Crippen LogP contribution in [-0.4, -0.2) is 9.55 Å². The molecule has 1 aromatic rings. The van der Waals surface area contributed by atoms with E-state index in [1.54, 1.807) is 0 Å². The fourth-order valence-electron chi connectivity index (χ4n) is 1.47. The third-order valence-electron chi connectivity index (χ3n) is 1.96. The maximum Gasteiger partial charge on any atom is 0.108 e. The number of rotatable bonds is 0. The van der Waals surface area contributed by atoms with E-state index in [1.165, 1.54) is 18.7 Å². The highest BCUT2D eigenvalue weighted by Gasteiger charge is 2.09. The van der Waals surface area contributed by atoms with Crippen LogP contribution in [0.4, 0.5) is 0 Å². The number of imidazole rings is 1. The summed E-state index contributed by atoms with van der Waals surface area (Å²) in [6.07, 6.45) is 5.75. The van der Waals surface area contributed by atoms with E-state index in [0.29, 0.717) is 0 Å². The molecule has 0 spiro atoms. The van der Waals surface area contributed by atoms with Gasteiger partial charge in [-0.1, -0.05) is 0 Å². The van der Waals surface area contributed by atoms with Gasteiger partial charge in [0.1, 0.15) is 5.82 Å². The molecule has 2 heterocycles. The van der Waals surface area contributed by atoms with Gasteiger partial charge in [0, 0.05) is 19.2 Å². The van der Waals surface area contributed by atoms with Crippen LogP contribution in [0, 0.1) is 6.92 Å². The predicted octanol–water partition coefficient (Wildman–Crippen LogP) is 1.40. The van der Waals surface area contributed by atoms with E-state index in [-0.39, 0.29) is 0 Å². The lowest BCUT2D eigenvalue weighted by molar-refractivity contribution is 0.522. The number of aryl methyl sites for hydroxylation is 2. The van der Waals surface area contributed by atoms with E-state index in [4.69, 9.17) is 0 Å². The standard InChI is InChI=1S/C8H11N2/c1-7-6-10-5-3-2-4-8(10)9-7/h6H,1-5H2. The molecule has 0 fully saturated rings. The summed E-state index contributed by atoms with van der Waals surface area (Å²) in [5.74, 6) is 1.22. The Morgan fingerprint density at radius 2 is 2.40 bits per heavy atom. The minimum atomic E-state index is 0.914. The molecule has 53 valence electrons. The Balaban J connectivity index is 2.41. The van der Waals surface area contributed by atoms with Crippen LogP contribution in [0.3, 0.4) is 0 Å². The zero-order valence-electron chi connectivity index (χ0n) is 6.01. The van der Waals surface area contributed by atoms with Crippen molar-refractivity contribution in [2.24, 2.45) is 0 Å². The Bertz CT molecular complexity index is 214. The SMILES string of the molecule is [CH2]c1cn2c(n1)CCCC2. The first-order chi connectivity index (χ1) is 4.86. The van der Waals surface area contributed by atoms with Crippen molar-refractivity contribution >= 4 is 0 Å². The summed E-state index contributed by atoms with van der Waals surface area (Å²) >= 11 is 0. The highest BCUT2D eigenvalue weighted by Crippen LogP contribution is 2.13. The minimum Gasteiger partial charge on any atom is -0.335 e. The summed E-state index contributed by atoms with van der Waals surface area (Å²) in [6, 6.07) is 0. The number of hydrogen-bond donors (Lipinski definition) is 0. The molecule has 2 heteroatoms. The molecule has 0 bridgehead atoms. The molecule has 0 N–H and O–H groups in total. The Morgan fingerprint density at radius 1 is 1.50 bits per heavy atom. The fraction of sp³-hybridized carbons (Fsp3) is 0.500. The molecule has 1 aliphatic rings. The van der Waals surface area contributed by atoms with E-state index in [2.05, 4.69) is 16.5 Å². The van der Waals surface area contributed by atoms with Crippen LogP contribution >= 0.6 is 0 Å². The predicted molar refractivity (Wildman–Crippen MR) is 39.6 cm³/mol. The smallest absolute Gasteiger partial charge is 0.108 e. The number of nitrogens with zero attached hydrogens (tertiary/aromatic N) is 2.